The van der Waals surface area contributed by atoms with Crippen LogP contribution in [0.4, 0.5) is 13.2 Å². The summed E-state index contributed by atoms with van der Waals surface area (Å²) in [5.41, 5.74) is -0.477. The minimum Gasteiger partial charge on any atom is -0.310 e. The predicted molar refractivity (Wildman–Crippen MR) is 61.1 cm³/mol. The van der Waals surface area contributed by atoms with Crippen LogP contribution in [0.5, 0.6) is 0 Å². The second-order valence-electron chi connectivity index (χ2n) is 3.23. The summed E-state index contributed by atoms with van der Waals surface area (Å²) in [6, 6.07) is 3.59. The Labute approximate surface area is 100 Å². The van der Waals surface area contributed by atoms with Crippen molar-refractivity contribution in [2.24, 2.45) is 0 Å². The highest BCUT2D eigenvalue weighted by atomic mass is 79.9. The summed E-state index contributed by atoms with van der Waals surface area (Å²) in [4.78, 5) is 0. The molecular weight excluding hydrogens is 283 g/mol. The highest BCUT2D eigenvalue weighted by molar-refractivity contribution is 9.10. The van der Waals surface area contributed by atoms with Gasteiger partial charge in [-0.15, -0.1) is 6.58 Å². The van der Waals surface area contributed by atoms with Crippen molar-refractivity contribution >= 4 is 15.9 Å². The maximum atomic E-state index is 12.8. The van der Waals surface area contributed by atoms with Crippen LogP contribution in [-0.2, 0) is 6.18 Å². The molecule has 1 unspecified atom stereocenters. The zero-order chi connectivity index (χ0) is 12.3. The molecule has 5 heteroatoms. The molecule has 1 rings (SSSR count). The Kier molecular flexibility index (Phi) is 4.15. The number of alkyl halides is 3. The molecule has 1 aromatic rings. The summed E-state index contributed by atoms with van der Waals surface area (Å²) in [7, 11) is 1.59. The lowest BCUT2D eigenvalue weighted by atomic mass is 10.00. The monoisotopic (exact) mass is 293 g/mol. The van der Waals surface area contributed by atoms with E-state index in [-0.39, 0.29) is 5.56 Å². The van der Waals surface area contributed by atoms with Gasteiger partial charge in [-0.1, -0.05) is 28.1 Å². The van der Waals surface area contributed by atoms with Crippen LogP contribution in [-0.4, -0.2) is 7.05 Å². The maximum Gasteiger partial charge on any atom is 0.416 e. The molecule has 0 aliphatic heterocycles. The van der Waals surface area contributed by atoms with Gasteiger partial charge in [0.15, 0.2) is 0 Å². The Morgan fingerprint density at radius 2 is 2.06 bits per heavy atom. The average molecular weight is 294 g/mol. The van der Waals surface area contributed by atoms with E-state index in [1.165, 1.54) is 12.1 Å². The van der Waals surface area contributed by atoms with Gasteiger partial charge in [0.2, 0.25) is 0 Å². The van der Waals surface area contributed by atoms with E-state index in [1.54, 1.807) is 13.1 Å². The molecule has 0 saturated carbocycles. The van der Waals surface area contributed by atoms with E-state index in [9.17, 15) is 13.2 Å². The number of hydrogen-bond acceptors (Lipinski definition) is 1. The maximum absolute atomic E-state index is 12.8. The number of hydrogen-bond donors (Lipinski definition) is 1. The van der Waals surface area contributed by atoms with Crippen molar-refractivity contribution in [2.45, 2.75) is 12.2 Å². The summed E-state index contributed by atoms with van der Waals surface area (Å²) >= 11 is 3.04. The second kappa shape index (κ2) is 5.01. The van der Waals surface area contributed by atoms with E-state index >= 15 is 0 Å². The lowest BCUT2D eigenvalue weighted by molar-refractivity contribution is -0.138. The molecule has 88 valence electrons. The molecule has 1 aromatic carbocycles. The first kappa shape index (κ1) is 13.3. The van der Waals surface area contributed by atoms with Gasteiger partial charge in [-0.3, -0.25) is 0 Å². The van der Waals surface area contributed by atoms with Gasteiger partial charge in [0.05, 0.1) is 11.6 Å². The number of benzene rings is 1. The number of nitrogens with one attached hydrogen (secondary N) is 1. The highest BCUT2D eigenvalue weighted by Crippen LogP contribution is 2.36. The molecule has 0 amide bonds. The number of halogens is 4. The zero-order valence-corrected chi connectivity index (χ0v) is 10.2. The Morgan fingerprint density at radius 1 is 1.44 bits per heavy atom. The fourth-order valence-electron chi connectivity index (χ4n) is 1.45. The first-order valence-electron chi connectivity index (χ1n) is 4.56. The van der Waals surface area contributed by atoms with Crippen molar-refractivity contribution in [1.29, 1.82) is 0 Å². The lowest BCUT2D eigenvalue weighted by Gasteiger charge is -2.18. The van der Waals surface area contributed by atoms with Crippen LogP contribution in [0.2, 0.25) is 0 Å². The summed E-state index contributed by atoms with van der Waals surface area (Å²) in [6.07, 6.45) is -2.92. The van der Waals surface area contributed by atoms with Gasteiger partial charge in [0.25, 0.3) is 0 Å². The Bertz CT molecular complexity index is 387. The molecule has 0 fully saturated rings. The van der Waals surface area contributed by atoms with Crippen molar-refractivity contribution in [1.82, 2.24) is 5.32 Å². The standard InChI is InChI=1S/C11H11BrF3N/c1-3-10(16-2)8-5-4-7(12)6-9(8)11(13,14)15/h3-6,10,16H,1H2,2H3. The third-order valence-corrected chi connectivity index (χ3v) is 2.70. The van der Waals surface area contributed by atoms with Crippen LogP contribution in [0.1, 0.15) is 17.2 Å². The van der Waals surface area contributed by atoms with Crippen LogP contribution in [0, 0.1) is 0 Å². The smallest absolute Gasteiger partial charge is 0.310 e. The fourth-order valence-corrected chi connectivity index (χ4v) is 1.81. The van der Waals surface area contributed by atoms with Gasteiger partial charge in [0.1, 0.15) is 0 Å². The van der Waals surface area contributed by atoms with Crippen molar-refractivity contribution in [3.8, 4) is 0 Å². The average Bonchev–Trinajstić information content (AvgIpc) is 2.20. The van der Waals surface area contributed by atoms with E-state index in [0.29, 0.717) is 4.47 Å². The fraction of sp³-hybridized carbons (Fsp3) is 0.273. The summed E-state index contributed by atoms with van der Waals surface area (Å²) in [5.74, 6) is 0. The van der Waals surface area contributed by atoms with Gasteiger partial charge in [-0.2, -0.15) is 13.2 Å². The molecule has 0 bridgehead atoms. The van der Waals surface area contributed by atoms with E-state index in [2.05, 4.69) is 27.8 Å². The third kappa shape index (κ3) is 2.86. The summed E-state index contributed by atoms with van der Waals surface area (Å²) in [5, 5.41) is 2.77. The Morgan fingerprint density at radius 3 is 2.50 bits per heavy atom. The predicted octanol–water partition coefficient (Wildman–Crippen LogP) is 3.91. The van der Waals surface area contributed by atoms with E-state index in [0.717, 1.165) is 6.07 Å². The van der Waals surface area contributed by atoms with Gasteiger partial charge < -0.3 is 5.32 Å². The van der Waals surface area contributed by atoms with Crippen molar-refractivity contribution < 1.29 is 13.2 Å². The molecule has 1 N–H and O–H groups in total. The molecule has 1 atom stereocenters. The minimum absolute atomic E-state index is 0.174. The summed E-state index contributed by atoms with van der Waals surface area (Å²) < 4.78 is 38.7. The Hall–Kier alpha value is -0.810. The van der Waals surface area contributed by atoms with Gasteiger partial charge >= 0.3 is 6.18 Å². The van der Waals surface area contributed by atoms with Crippen LogP contribution < -0.4 is 5.32 Å². The SMILES string of the molecule is C=CC(NC)c1ccc(Br)cc1C(F)(F)F. The van der Waals surface area contributed by atoms with Gasteiger partial charge in [0, 0.05) is 4.47 Å². The molecule has 0 aliphatic carbocycles. The van der Waals surface area contributed by atoms with Crippen molar-refractivity contribution in [2.75, 3.05) is 7.05 Å². The van der Waals surface area contributed by atoms with E-state index in [4.69, 9.17) is 0 Å². The minimum atomic E-state index is -4.36. The molecule has 16 heavy (non-hydrogen) atoms. The van der Waals surface area contributed by atoms with Crippen LogP contribution in [0.25, 0.3) is 0 Å². The molecule has 0 heterocycles. The van der Waals surface area contributed by atoms with Crippen LogP contribution >= 0.6 is 15.9 Å². The molecule has 0 aromatic heterocycles. The highest BCUT2D eigenvalue weighted by Gasteiger charge is 2.34. The lowest BCUT2D eigenvalue weighted by Crippen LogP contribution is -2.19. The van der Waals surface area contributed by atoms with Gasteiger partial charge in [-0.05, 0) is 24.7 Å². The normalized spacial score (nSPS) is 13.6. The molecule has 0 saturated heterocycles. The first-order valence-corrected chi connectivity index (χ1v) is 5.36. The molecular formula is C11H11BrF3N. The summed E-state index contributed by atoms with van der Waals surface area (Å²) in [6.45, 7) is 3.51. The second-order valence-corrected chi connectivity index (χ2v) is 4.15. The number of likely N-dealkylation sites (N-methyl/N-ethyl adjacent to an activating group) is 1. The number of rotatable bonds is 3. The Balaban J connectivity index is 3.33. The van der Waals surface area contributed by atoms with Crippen LogP contribution in [0.3, 0.4) is 0 Å². The van der Waals surface area contributed by atoms with Crippen LogP contribution in [0.15, 0.2) is 35.3 Å². The molecule has 0 aliphatic rings. The molecule has 0 spiro atoms. The molecule has 0 radical (unpaired) electrons. The zero-order valence-electron chi connectivity index (χ0n) is 8.61. The molecule has 1 nitrogen and oxygen atoms in total. The topological polar surface area (TPSA) is 12.0 Å². The largest absolute Gasteiger partial charge is 0.416 e. The third-order valence-electron chi connectivity index (χ3n) is 2.20. The van der Waals surface area contributed by atoms with Crippen molar-refractivity contribution in [3.05, 3.63) is 46.5 Å². The van der Waals surface area contributed by atoms with Crippen molar-refractivity contribution in [3.63, 3.8) is 0 Å². The van der Waals surface area contributed by atoms with Gasteiger partial charge in [-0.25, -0.2) is 0 Å². The quantitative estimate of drug-likeness (QED) is 0.833. The van der Waals surface area contributed by atoms with E-state index < -0.39 is 17.8 Å². The first-order chi connectivity index (χ1) is 7.40. The van der Waals surface area contributed by atoms with E-state index in [1.807, 2.05) is 0 Å².